The molecule has 0 aromatic carbocycles. The van der Waals surface area contributed by atoms with Gasteiger partial charge in [0.05, 0.1) is 0 Å². The average molecular weight is 297 g/mol. The van der Waals surface area contributed by atoms with Crippen molar-refractivity contribution in [3.05, 3.63) is 23.3 Å². The van der Waals surface area contributed by atoms with Crippen molar-refractivity contribution in [1.82, 2.24) is 9.97 Å². The van der Waals surface area contributed by atoms with Crippen LogP contribution in [-0.2, 0) is 19.3 Å². The number of fused-ring (bicyclic) bond motifs is 1. The Balaban J connectivity index is 2.22. The Hall–Kier alpha value is -0.440. The van der Waals surface area contributed by atoms with Gasteiger partial charge in [-0.15, -0.1) is 0 Å². The Bertz CT molecular complexity index is 376. The maximum absolute atomic E-state index is 4.51. The summed E-state index contributed by atoms with van der Waals surface area (Å²) in [5, 5.41) is 0. The molecule has 1 aliphatic carbocycles. The molecule has 1 atom stereocenters. The van der Waals surface area contributed by atoms with Gasteiger partial charge in [-0.2, -0.15) is 0 Å². The lowest BCUT2D eigenvalue weighted by Gasteiger charge is -2.16. The minimum Gasteiger partial charge on any atom is -0.241 e. The standard InChI is InChI=1S/C14H21BrN2/c1-10(2)12(15)8-14-11-6-4-3-5-7-13(11)16-9-17-14/h9-10,12H,3-8H2,1-2H3. The van der Waals surface area contributed by atoms with Gasteiger partial charge < -0.3 is 0 Å². The fourth-order valence-corrected chi connectivity index (χ4v) is 2.67. The minimum absolute atomic E-state index is 0.518. The SMILES string of the molecule is CC(C)C(Br)Cc1ncnc2c1CCCCC2. The molecule has 1 aromatic heterocycles. The molecule has 3 heteroatoms. The highest BCUT2D eigenvalue weighted by Gasteiger charge is 2.18. The van der Waals surface area contributed by atoms with E-state index in [9.17, 15) is 0 Å². The van der Waals surface area contributed by atoms with E-state index in [2.05, 4.69) is 39.7 Å². The Morgan fingerprint density at radius 3 is 2.71 bits per heavy atom. The van der Waals surface area contributed by atoms with Gasteiger partial charge in [-0.1, -0.05) is 36.2 Å². The van der Waals surface area contributed by atoms with Crippen molar-refractivity contribution in [2.75, 3.05) is 0 Å². The molecule has 0 saturated heterocycles. The summed E-state index contributed by atoms with van der Waals surface area (Å²) in [5.41, 5.74) is 4.01. The lowest BCUT2D eigenvalue weighted by molar-refractivity contribution is 0.603. The van der Waals surface area contributed by atoms with E-state index in [0.29, 0.717) is 10.7 Å². The lowest BCUT2D eigenvalue weighted by Crippen LogP contribution is -2.14. The van der Waals surface area contributed by atoms with E-state index < -0.39 is 0 Å². The van der Waals surface area contributed by atoms with Crippen LogP contribution in [0.4, 0.5) is 0 Å². The molecule has 0 amide bonds. The molecular weight excluding hydrogens is 276 g/mol. The van der Waals surface area contributed by atoms with Crippen LogP contribution in [-0.4, -0.2) is 14.8 Å². The van der Waals surface area contributed by atoms with Crippen molar-refractivity contribution in [3.8, 4) is 0 Å². The summed E-state index contributed by atoms with van der Waals surface area (Å²) in [6.45, 7) is 4.50. The largest absolute Gasteiger partial charge is 0.241 e. The maximum atomic E-state index is 4.51. The number of hydrogen-bond acceptors (Lipinski definition) is 2. The fraction of sp³-hybridized carbons (Fsp3) is 0.714. The van der Waals surface area contributed by atoms with Crippen molar-refractivity contribution >= 4 is 15.9 Å². The molecular formula is C14H21BrN2. The van der Waals surface area contributed by atoms with E-state index in [1.165, 1.54) is 42.6 Å². The first-order valence-corrected chi connectivity index (χ1v) is 7.55. The van der Waals surface area contributed by atoms with E-state index in [1.807, 2.05) is 0 Å². The van der Waals surface area contributed by atoms with Crippen molar-refractivity contribution in [1.29, 1.82) is 0 Å². The maximum Gasteiger partial charge on any atom is 0.115 e. The van der Waals surface area contributed by atoms with Crippen LogP contribution in [0.15, 0.2) is 6.33 Å². The topological polar surface area (TPSA) is 25.8 Å². The lowest BCUT2D eigenvalue weighted by atomic mass is 9.99. The third-order valence-electron chi connectivity index (χ3n) is 3.58. The smallest absolute Gasteiger partial charge is 0.115 e. The molecule has 94 valence electrons. The van der Waals surface area contributed by atoms with Crippen LogP contribution in [0.2, 0.25) is 0 Å². The van der Waals surface area contributed by atoms with Crippen molar-refractivity contribution in [2.24, 2.45) is 5.92 Å². The number of alkyl halides is 1. The molecule has 1 aliphatic rings. The number of aryl methyl sites for hydroxylation is 1. The summed E-state index contributed by atoms with van der Waals surface area (Å²) in [6.07, 6.45) is 9.00. The molecule has 1 aromatic rings. The second-order valence-corrected chi connectivity index (χ2v) is 6.45. The van der Waals surface area contributed by atoms with Crippen LogP contribution >= 0.6 is 15.9 Å². The molecule has 1 unspecified atom stereocenters. The Morgan fingerprint density at radius 1 is 1.18 bits per heavy atom. The van der Waals surface area contributed by atoms with Crippen molar-refractivity contribution < 1.29 is 0 Å². The van der Waals surface area contributed by atoms with E-state index in [0.717, 1.165) is 12.8 Å². The molecule has 0 fully saturated rings. The van der Waals surface area contributed by atoms with E-state index >= 15 is 0 Å². The number of hydrogen-bond donors (Lipinski definition) is 0. The van der Waals surface area contributed by atoms with Crippen molar-refractivity contribution in [2.45, 2.75) is 57.2 Å². The molecule has 17 heavy (non-hydrogen) atoms. The fourth-order valence-electron chi connectivity index (χ4n) is 2.36. The molecule has 0 N–H and O–H groups in total. The van der Waals surface area contributed by atoms with Gasteiger partial charge in [0, 0.05) is 22.6 Å². The Kier molecular flexibility index (Phi) is 4.55. The molecule has 0 bridgehead atoms. The molecule has 2 rings (SSSR count). The monoisotopic (exact) mass is 296 g/mol. The van der Waals surface area contributed by atoms with E-state index in [-0.39, 0.29) is 0 Å². The summed E-state index contributed by atoms with van der Waals surface area (Å²) in [6, 6.07) is 0. The Morgan fingerprint density at radius 2 is 1.94 bits per heavy atom. The van der Waals surface area contributed by atoms with Gasteiger partial charge in [-0.3, -0.25) is 0 Å². The van der Waals surface area contributed by atoms with Gasteiger partial charge in [-0.05, 0) is 37.2 Å². The Labute approximate surface area is 112 Å². The predicted octanol–water partition coefficient (Wildman–Crippen LogP) is 3.71. The first-order chi connectivity index (χ1) is 8.18. The van der Waals surface area contributed by atoms with E-state index in [1.54, 1.807) is 6.33 Å². The molecule has 0 aliphatic heterocycles. The first-order valence-electron chi connectivity index (χ1n) is 6.64. The highest BCUT2D eigenvalue weighted by Crippen LogP contribution is 2.24. The van der Waals surface area contributed by atoms with Crippen LogP contribution < -0.4 is 0 Å². The number of halogens is 1. The zero-order valence-electron chi connectivity index (χ0n) is 10.7. The second kappa shape index (κ2) is 5.94. The zero-order chi connectivity index (χ0) is 12.3. The second-order valence-electron chi connectivity index (χ2n) is 5.27. The summed E-state index contributed by atoms with van der Waals surface area (Å²) < 4.78 is 0. The summed E-state index contributed by atoms with van der Waals surface area (Å²) in [7, 11) is 0. The van der Waals surface area contributed by atoms with Gasteiger partial charge in [0.15, 0.2) is 0 Å². The molecule has 2 nitrogen and oxygen atoms in total. The predicted molar refractivity (Wildman–Crippen MR) is 74.5 cm³/mol. The van der Waals surface area contributed by atoms with Crippen LogP contribution in [0, 0.1) is 5.92 Å². The van der Waals surface area contributed by atoms with Crippen LogP contribution in [0.25, 0.3) is 0 Å². The highest BCUT2D eigenvalue weighted by atomic mass is 79.9. The van der Waals surface area contributed by atoms with Crippen molar-refractivity contribution in [3.63, 3.8) is 0 Å². The van der Waals surface area contributed by atoms with E-state index in [4.69, 9.17) is 0 Å². The third-order valence-corrected chi connectivity index (χ3v) is 4.96. The number of rotatable bonds is 3. The first kappa shape index (κ1) is 13.0. The van der Waals surface area contributed by atoms with Gasteiger partial charge in [0.2, 0.25) is 0 Å². The number of nitrogens with zero attached hydrogens (tertiary/aromatic N) is 2. The number of aromatic nitrogens is 2. The quantitative estimate of drug-likeness (QED) is 0.628. The third kappa shape index (κ3) is 3.27. The van der Waals surface area contributed by atoms with Gasteiger partial charge >= 0.3 is 0 Å². The molecule has 0 spiro atoms. The van der Waals surface area contributed by atoms with Gasteiger partial charge in [-0.25, -0.2) is 9.97 Å². The van der Waals surface area contributed by atoms with Crippen LogP contribution in [0.3, 0.4) is 0 Å². The van der Waals surface area contributed by atoms with Crippen LogP contribution in [0.1, 0.15) is 50.1 Å². The van der Waals surface area contributed by atoms with Gasteiger partial charge in [0.1, 0.15) is 6.33 Å². The average Bonchev–Trinajstić information content (AvgIpc) is 2.54. The van der Waals surface area contributed by atoms with Crippen LogP contribution in [0.5, 0.6) is 0 Å². The van der Waals surface area contributed by atoms with Gasteiger partial charge in [0.25, 0.3) is 0 Å². The zero-order valence-corrected chi connectivity index (χ0v) is 12.3. The molecule has 1 heterocycles. The summed E-state index contributed by atoms with van der Waals surface area (Å²) >= 11 is 3.77. The summed E-state index contributed by atoms with van der Waals surface area (Å²) in [4.78, 5) is 9.50. The molecule has 0 radical (unpaired) electrons. The normalized spacial score (nSPS) is 17.6. The highest BCUT2D eigenvalue weighted by molar-refractivity contribution is 9.09. The molecule has 0 saturated carbocycles. The minimum atomic E-state index is 0.518. The summed E-state index contributed by atoms with van der Waals surface area (Å²) in [5.74, 6) is 0.645.